The molecule has 0 aliphatic carbocycles. The fourth-order valence-corrected chi connectivity index (χ4v) is 4.23. The summed E-state index contributed by atoms with van der Waals surface area (Å²) in [5, 5.41) is 2.84. The first-order chi connectivity index (χ1) is 14.3. The van der Waals surface area contributed by atoms with E-state index in [1.807, 2.05) is 32.0 Å². The number of hydrogen-bond acceptors (Lipinski definition) is 5. The topological polar surface area (TPSA) is 75.7 Å². The van der Waals surface area contributed by atoms with Crippen molar-refractivity contribution in [3.8, 4) is 5.75 Å². The van der Waals surface area contributed by atoms with Crippen LogP contribution in [0.15, 0.2) is 53.4 Å². The van der Waals surface area contributed by atoms with Crippen LogP contribution in [0.25, 0.3) is 5.57 Å². The summed E-state index contributed by atoms with van der Waals surface area (Å²) in [5.74, 6) is -0.177. The molecule has 1 aliphatic rings. The molecule has 1 heterocycles. The van der Waals surface area contributed by atoms with Gasteiger partial charge in [0.05, 0.1) is 24.1 Å². The molecule has 0 fully saturated rings. The van der Waals surface area contributed by atoms with Crippen LogP contribution in [0.1, 0.15) is 31.9 Å². The lowest BCUT2D eigenvalue weighted by atomic mass is 10.1. The molecule has 30 heavy (non-hydrogen) atoms. The minimum Gasteiger partial charge on any atom is -0.496 e. The number of para-hydroxylation sites is 1. The lowest BCUT2D eigenvalue weighted by molar-refractivity contribution is -0.137. The maximum absolute atomic E-state index is 13.3. The Hall–Kier alpha value is -3.06. The molecule has 0 bridgehead atoms. The molecular formula is C23H24N2O4S. The number of thioether (sulfide) groups is 1. The molecule has 1 N–H and O–H groups in total. The summed E-state index contributed by atoms with van der Waals surface area (Å²) in [6.45, 7) is 5.53. The Balaban J connectivity index is 1.96. The number of ether oxygens (including phenoxy) is 1. The van der Waals surface area contributed by atoms with Gasteiger partial charge in [0.2, 0.25) is 5.91 Å². The number of carbonyl (C=O) groups is 3. The number of methoxy groups -OCH3 is 1. The number of hydrogen-bond donors (Lipinski definition) is 1. The van der Waals surface area contributed by atoms with Crippen molar-refractivity contribution >= 4 is 40.7 Å². The minimum atomic E-state index is -0.332. The van der Waals surface area contributed by atoms with E-state index in [9.17, 15) is 14.4 Å². The molecule has 6 nitrogen and oxygen atoms in total. The van der Waals surface area contributed by atoms with Crippen LogP contribution in [0, 0.1) is 0 Å². The molecule has 2 aromatic rings. The van der Waals surface area contributed by atoms with Crippen LogP contribution in [0.2, 0.25) is 0 Å². The Kier molecular flexibility index (Phi) is 6.62. The van der Waals surface area contributed by atoms with E-state index < -0.39 is 0 Å². The van der Waals surface area contributed by atoms with Gasteiger partial charge in [0, 0.05) is 23.4 Å². The molecule has 7 heteroatoms. The molecule has 156 valence electrons. The summed E-state index contributed by atoms with van der Waals surface area (Å²) in [6.07, 6.45) is 0. The van der Waals surface area contributed by atoms with Crippen LogP contribution in [0.4, 0.5) is 5.69 Å². The first-order valence-electron chi connectivity index (χ1n) is 9.58. The second-order valence-corrected chi connectivity index (χ2v) is 8.72. The molecule has 2 aromatic carbocycles. The molecule has 3 rings (SSSR count). The number of benzene rings is 2. The van der Waals surface area contributed by atoms with E-state index in [1.54, 1.807) is 37.4 Å². The zero-order valence-electron chi connectivity index (χ0n) is 17.4. The van der Waals surface area contributed by atoms with E-state index in [0.29, 0.717) is 27.5 Å². The van der Waals surface area contributed by atoms with Gasteiger partial charge in [-0.05, 0) is 23.8 Å². The quantitative estimate of drug-likeness (QED) is 0.678. The first kappa shape index (κ1) is 21.6. The van der Waals surface area contributed by atoms with Gasteiger partial charge in [-0.15, -0.1) is 11.8 Å². The Morgan fingerprint density at radius 1 is 1.07 bits per heavy atom. The van der Waals surface area contributed by atoms with Gasteiger partial charge < -0.3 is 10.1 Å². The lowest BCUT2D eigenvalue weighted by Crippen LogP contribution is -2.31. The average molecular weight is 425 g/mol. The van der Waals surface area contributed by atoms with Gasteiger partial charge in [0.1, 0.15) is 5.75 Å². The third-order valence-corrected chi connectivity index (χ3v) is 5.58. The largest absolute Gasteiger partial charge is 0.496 e. The van der Waals surface area contributed by atoms with Gasteiger partial charge in [0.25, 0.3) is 11.8 Å². The summed E-state index contributed by atoms with van der Waals surface area (Å²) < 4.78 is 5.37. The van der Waals surface area contributed by atoms with Crippen molar-refractivity contribution in [3.05, 3.63) is 64.6 Å². The first-order valence-corrected chi connectivity index (χ1v) is 10.5. The minimum absolute atomic E-state index is 0.136. The second-order valence-electron chi connectivity index (χ2n) is 7.14. The van der Waals surface area contributed by atoms with Gasteiger partial charge in [-0.1, -0.05) is 44.2 Å². The van der Waals surface area contributed by atoms with Crippen LogP contribution in [0.3, 0.4) is 0 Å². The monoisotopic (exact) mass is 424 g/mol. The Morgan fingerprint density at radius 2 is 1.73 bits per heavy atom. The molecule has 0 saturated heterocycles. The second kappa shape index (κ2) is 9.17. The molecule has 1 aliphatic heterocycles. The number of nitrogens with one attached hydrogen (secondary N) is 1. The SMILES string of the molecule is COc1ccccc1CN1C(=O)C(SC(C)C)=C(c2ccc(NC(C)=O)cc2)C1=O. The highest BCUT2D eigenvalue weighted by Gasteiger charge is 2.39. The van der Waals surface area contributed by atoms with E-state index >= 15 is 0 Å². The van der Waals surface area contributed by atoms with Crippen molar-refractivity contribution in [2.75, 3.05) is 12.4 Å². The fraction of sp³-hybridized carbons (Fsp3) is 0.261. The molecule has 0 saturated carbocycles. The van der Waals surface area contributed by atoms with Crippen LogP contribution >= 0.6 is 11.8 Å². The Labute approximate surface area is 180 Å². The van der Waals surface area contributed by atoms with Gasteiger partial charge in [0.15, 0.2) is 0 Å². The van der Waals surface area contributed by atoms with E-state index in [-0.39, 0.29) is 29.5 Å². The third-order valence-electron chi connectivity index (χ3n) is 4.49. The van der Waals surface area contributed by atoms with Gasteiger partial charge in [-0.3, -0.25) is 19.3 Å². The molecular weight excluding hydrogens is 400 g/mol. The highest BCUT2D eigenvalue weighted by atomic mass is 32.2. The third kappa shape index (κ3) is 4.57. The van der Waals surface area contributed by atoms with E-state index in [0.717, 1.165) is 5.56 Å². The van der Waals surface area contributed by atoms with E-state index in [2.05, 4.69) is 5.32 Å². The summed E-state index contributed by atoms with van der Waals surface area (Å²) in [7, 11) is 1.56. The number of amides is 3. The summed E-state index contributed by atoms with van der Waals surface area (Å²) in [6, 6.07) is 14.3. The van der Waals surface area contributed by atoms with Crippen molar-refractivity contribution < 1.29 is 19.1 Å². The molecule has 0 spiro atoms. The van der Waals surface area contributed by atoms with Crippen LogP contribution in [-0.2, 0) is 20.9 Å². The molecule has 0 aromatic heterocycles. The van der Waals surface area contributed by atoms with Gasteiger partial charge in [-0.25, -0.2) is 0 Å². The number of nitrogens with zero attached hydrogens (tertiary/aromatic N) is 1. The van der Waals surface area contributed by atoms with Crippen LogP contribution < -0.4 is 10.1 Å². The zero-order chi connectivity index (χ0) is 21.8. The highest BCUT2D eigenvalue weighted by Crippen LogP contribution is 2.39. The van der Waals surface area contributed by atoms with Crippen molar-refractivity contribution in [2.24, 2.45) is 0 Å². The van der Waals surface area contributed by atoms with Crippen molar-refractivity contribution in [1.29, 1.82) is 0 Å². The van der Waals surface area contributed by atoms with E-state index in [4.69, 9.17) is 4.74 Å². The Bertz CT molecular complexity index is 1010. The number of carbonyl (C=O) groups excluding carboxylic acids is 3. The van der Waals surface area contributed by atoms with Crippen molar-refractivity contribution in [1.82, 2.24) is 4.90 Å². The fourth-order valence-electron chi connectivity index (χ4n) is 3.22. The number of anilines is 1. The number of rotatable bonds is 7. The Morgan fingerprint density at radius 3 is 2.33 bits per heavy atom. The highest BCUT2D eigenvalue weighted by molar-refractivity contribution is 8.04. The van der Waals surface area contributed by atoms with Crippen LogP contribution in [-0.4, -0.2) is 35.0 Å². The predicted octanol–water partition coefficient (Wildman–Crippen LogP) is 4.08. The maximum Gasteiger partial charge on any atom is 0.268 e. The lowest BCUT2D eigenvalue weighted by Gasteiger charge is -2.17. The predicted molar refractivity (Wildman–Crippen MR) is 119 cm³/mol. The summed E-state index contributed by atoms with van der Waals surface area (Å²) in [4.78, 5) is 39.4. The smallest absolute Gasteiger partial charge is 0.268 e. The maximum atomic E-state index is 13.3. The van der Waals surface area contributed by atoms with Crippen molar-refractivity contribution in [3.63, 3.8) is 0 Å². The molecule has 0 radical (unpaired) electrons. The molecule has 0 unspecified atom stereocenters. The van der Waals surface area contributed by atoms with Gasteiger partial charge in [-0.2, -0.15) is 0 Å². The molecule has 0 atom stereocenters. The van der Waals surface area contributed by atoms with Gasteiger partial charge >= 0.3 is 0 Å². The van der Waals surface area contributed by atoms with Crippen molar-refractivity contribution in [2.45, 2.75) is 32.6 Å². The number of imide groups is 1. The normalized spacial score (nSPS) is 14.0. The zero-order valence-corrected chi connectivity index (χ0v) is 18.2. The summed E-state index contributed by atoms with van der Waals surface area (Å²) >= 11 is 1.38. The molecule has 3 amide bonds. The van der Waals surface area contributed by atoms with E-state index in [1.165, 1.54) is 23.6 Å². The van der Waals surface area contributed by atoms with Crippen LogP contribution in [0.5, 0.6) is 5.75 Å². The standard InChI is InChI=1S/C23H24N2O4S/c1-14(2)30-21-20(16-9-11-18(12-10-16)24-15(3)26)22(27)25(23(21)28)13-17-7-5-6-8-19(17)29-4/h5-12,14H,13H2,1-4H3,(H,24,26). The summed E-state index contributed by atoms with van der Waals surface area (Å²) in [5.41, 5.74) is 2.43. The average Bonchev–Trinajstić information content (AvgIpc) is 2.92.